The molecule has 0 aliphatic carbocycles. The van der Waals surface area contributed by atoms with Crippen molar-refractivity contribution in [2.24, 2.45) is 17.6 Å². The van der Waals surface area contributed by atoms with E-state index in [4.69, 9.17) is 5.73 Å². The fraction of sp³-hybridized carbons (Fsp3) is 0.500. The Hall–Kier alpha value is -1.27. The number of nitrogens with two attached hydrogens (primary N) is 1. The van der Waals surface area contributed by atoms with Crippen molar-refractivity contribution in [3.63, 3.8) is 0 Å². The zero-order valence-electron chi connectivity index (χ0n) is 12.1. The largest absolute Gasteiger partial charge is 0.416 e. The van der Waals surface area contributed by atoms with Gasteiger partial charge in [0, 0.05) is 18.2 Å². The second-order valence-corrected chi connectivity index (χ2v) is 5.14. The number of anilines is 1. The van der Waals surface area contributed by atoms with E-state index in [9.17, 15) is 18.0 Å². The second kappa shape index (κ2) is 7.66. The van der Waals surface area contributed by atoms with Crippen molar-refractivity contribution in [1.82, 2.24) is 0 Å². The van der Waals surface area contributed by atoms with E-state index in [0.717, 1.165) is 12.1 Å². The molecule has 0 saturated carbocycles. The van der Waals surface area contributed by atoms with Gasteiger partial charge in [0.15, 0.2) is 0 Å². The molecule has 0 heterocycles. The number of carbonyl (C=O) groups is 1. The van der Waals surface area contributed by atoms with Gasteiger partial charge in [0.2, 0.25) is 5.91 Å². The van der Waals surface area contributed by atoms with Crippen molar-refractivity contribution in [3.05, 3.63) is 29.3 Å². The van der Waals surface area contributed by atoms with Gasteiger partial charge in [0.1, 0.15) is 0 Å². The van der Waals surface area contributed by atoms with E-state index < -0.39 is 11.7 Å². The first kappa shape index (κ1) is 19.7. The third-order valence-corrected chi connectivity index (χ3v) is 3.24. The molecule has 1 aromatic carbocycles. The summed E-state index contributed by atoms with van der Waals surface area (Å²) in [7, 11) is 0. The van der Waals surface area contributed by atoms with Gasteiger partial charge in [-0.05, 0) is 29.7 Å². The van der Waals surface area contributed by atoms with Crippen LogP contribution in [0.15, 0.2) is 18.2 Å². The molecule has 1 aromatic rings. The SMILES string of the molecule is CC(C)C(C)C(=O)Nc1cc(CN)cc(C(F)(F)F)c1.Cl. The predicted octanol–water partition coefficient (Wildman–Crippen LogP) is 3.82. The fourth-order valence-corrected chi connectivity index (χ4v) is 1.60. The van der Waals surface area contributed by atoms with Crippen LogP contribution in [0.4, 0.5) is 18.9 Å². The first-order chi connectivity index (χ1) is 9.15. The van der Waals surface area contributed by atoms with Gasteiger partial charge in [-0.25, -0.2) is 0 Å². The summed E-state index contributed by atoms with van der Waals surface area (Å²) in [6, 6.07) is 3.37. The van der Waals surface area contributed by atoms with Crippen LogP contribution < -0.4 is 11.1 Å². The number of carbonyl (C=O) groups excluding carboxylic acids is 1. The number of benzene rings is 1. The molecule has 0 spiro atoms. The maximum Gasteiger partial charge on any atom is 0.416 e. The van der Waals surface area contributed by atoms with Crippen LogP contribution in [0.1, 0.15) is 31.9 Å². The Balaban J connectivity index is 0.00000400. The van der Waals surface area contributed by atoms with E-state index in [0.29, 0.717) is 5.56 Å². The molecule has 0 aliphatic rings. The standard InChI is InChI=1S/C14H19F3N2O.ClH/c1-8(2)9(3)13(20)19-12-5-10(7-18)4-11(6-12)14(15,16)17;/h4-6,8-9H,7,18H2,1-3H3,(H,19,20);1H. The molecule has 3 nitrogen and oxygen atoms in total. The number of amides is 1. The van der Waals surface area contributed by atoms with Gasteiger partial charge in [-0.1, -0.05) is 20.8 Å². The summed E-state index contributed by atoms with van der Waals surface area (Å²) < 4.78 is 38.3. The van der Waals surface area contributed by atoms with Crippen molar-refractivity contribution in [2.75, 3.05) is 5.32 Å². The number of nitrogens with one attached hydrogen (secondary N) is 1. The molecule has 3 N–H and O–H groups in total. The molecule has 1 rings (SSSR count). The van der Waals surface area contributed by atoms with E-state index in [1.165, 1.54) is 6.07 Å². The molecular weight excluding hydrogens is 305 g/mol. The average Bonchev–Trinajstić information content (AvgIpc) is 2.36. The zero-order valence-corrected chi connectivity index (χ0v) is 12.9. The number of hydrogen-bond acceptors (Lipinski definition) is 2. The molecule has 1 amide bonds. The van der Waals surface area contributed by atoms with Gasteiger partial charge >= 0.3 is 6.18 Å². The van der Waals surface area contributed by atoms with Gasteiger partial charge in [-0.2, -0.15) is 13.2 Å². The van der Waals surface area contributed by atoms with Crippen molar-refractivity contribution in [3.8, 4) is 0 Å². The third kappa shape index (κ3) is 5.55. The number of halogens is 4. The summed E-state index contributed by atoms with van der Waals surface area (Å²) >= 11 is 0. The molecule has 7 heteroatoms. The Kier molecular flexibility index (Phi) is 7.19. The first-order valence-electron chi connectivity index (χ1n) is 6.37. The lowest BCUT2D eigenvalue weighted by molar-refractivity contribution is -0.137. The molecule has 120 valence electrons. The maximum absolute atomic E-state index is 12.8. The lowest BCUT2D eigenvalue weighted by Gasteiger charge is -2.17. The van der Waals surface area contributed by atoms with Crippen molar-refractivity contribution in [1.29, 1.82) is 0 Å². The molecule has 0 aliphatic heterocycles. The third-order valence-electron chi connectivity index (χ3n) is 3.24. The Morgan fingerprint density at radius 3 is 2.24 bits per heavy atom. The molecule has 21 heavy (non-hydrogen) atoms. The topological polar surface area (TPSA) is 55.1 Å². The van der Waals surface area contributed by atoms with Crippen LogP contribution in [0, 0.1) is 11.8 Å². The van der Waals surface area contributed by atoms with E-state index in [1.54, 1.807) is 6.92 Å². The summed E-state index contributed by atoms with van der Waals surface area (Å²) in [4.78, 5) is 11.9. The minimum absolute atomic E-state index is 0. The van der Waals surface area contributed by atoms with E-state index in [2.05, 4.69) is 5.32 Å². The highest BCUT2D eigenvalue weighted by Gasteiger charge is 2.31. The van der Waals surface area contributed by atoms with Gasteiger partial charge in [-0.3, -0.25) is 4.79 Å². The van der Waals surface area contributed by atoms with Crippen LogP contribution in [0.2, 0.25) is 0 Å². The van der Waals surface area contributed by atoms with Crippen LogP contribution in [-0.2, 0) is 17.5 Å². The second-order valence-electron chi connectivity index (χ2n) is 5.14. The summed E-state index contributed by atoms with van der Waals surface area (Å²) in [5.41, 5.74) is 5.03. The molecule has 0 bridgehead atoms. The highest BCUT2D eigenvalue weighted by Crippen LogP contribution is 2.32. The summed E-state index contributed by atoms with van der Waals surface area (Å²) in [5, 5.41) is 2.52. The number of hydrogen-bond donors (Lipinski definition) is 2. The van der Waals surface area contributed by atoms with Crippen LogP contribution >= 0.6 is 12.4 Å². The normalized spacial score (nSPS) is 12.8. The van der Waals surface area contributed by atoms with E-state index in [1.807, 2.05) is 13.8 Å². The van der Waals surface area contributed by atoms with Gasteiger partial charge in [0.05, 0.1) is 5.56 Å². The summed E-state index contributed by atoms with van der Waals surface area (Å²) in [6.07, 6.45) is -4.46. The summed E-state index contributed by atoms with van der Waals surface area (Å²) in [5.74, 6) is -0.483. The van der Waals surface area contributed by atoms with E-state index >= 15 is 0 Å². The quantitative estimate of drug-likeness (QED) is 0.884. The van der Waals surface area contributed by atoms with Gasteiger partial charge in [0.25, 0.3) is 0 Å². The molecular formula is C14H20ClF3N2O. The maximum atomic E-state index is 12.8. The van der Waals surface area contributed by atoms with Crippen LogP contribution in [-0.4, -0.2) is 5.91 Å². The lowest BCUT2D eigenvalue weighted by Crippen LogP contribution is -2.24. The highest BCUT2D eigenvalue weighted by molar-refractivity contribution is 5.92. The number of rotatable bonds is 4. The predicted molar refractivity (Wildman–Crippen MR) is 79.2 cm³/mol. The minimum Gasteiger partial charge on any atom is -0.326 e. The van der Waals surface area contributed by atoms with E-state index in [-0.39, 0.29) is 42.4 Å². The molecule has 0 fully saturated rings. The lowest BCUT2D eigenvalue weighted by atomic mass is 9.97. The molecule has 0 aromatic heterocycles. The Labute approximate surface area is 128 Å². The average molecular weight is 325 g/mol. The fourth-order valence-electron chi connectivity index (χ4n) is 1.60. The zero-order chi connectivity index (χ0) is 15.5. The van der Waals surface area contributed by atoms with Crippen LogP contribution in [0.5, 0.6) is 0 Å². The summed E-state index contributed by atoms with van der Waals surface area (Å²) in [6.45, 7) is 5.47. The molecule has 1 unspecified atom stereocenters. The smallest absolute Gasteiger partial charge is 0.326 e. The van der Waals surface area contributed by atoms with Gasteiger partial charge < -0.3 is 11.1 Å². The Morgan fingerprint density at radius 2 is 1.81 bits per heavy atom. The molecule has 1 atom stereocenters. The Bertz CT molecular complexity index is 490. The first-order valence-corrected chi connectivity index (χ1v) is 6.37. The highest BCUT2D eigenvalue weighted by atomic mass is 35.5. The monoisotopic (exact) mass is 324 g/mol. The van der Waals surface area contributed by atoms with Crippen molar-refractivity contribution < 1.29 is 18.0 Å². The molecule has 0 radical (unpaired) electrons. The van der Waals surface area contributed by atoms with Crippen molar-refractivity contribution >= 4 is 24.0 Å². The molecule has 0 saturated heterocycles. The number of alkyl halides is 3. The van der Waals surface area contributed by atoms with Crippen LogP contribution in [0.25, 0.3) is 0 Å². The van der Waals surface area contributed by atoms with Gasteiger partial charge in [-0.15, -0.1) is 12.4 Å². The Morgan fingerprint density at radius 1 is 1.24 bits per heavy atom. The van der Waals surface area contributed by atoms with Crippen LogP contribution in [0.3, 0.4) is 0 Å². The van der Waals surface area contributed by atoms with Crippen molar-refractivity contribution in [2.45, 2.75) is 33.5 Å². The minimum atomic E-state index is -4.46.